The van der Waals surface area contributed by atoms with Crippen molar-refractivity contribution in [2.75, 3.05) is 0 Å². The maximum atomic E-state index is 12.5. The predicted molar refractivity (Wildman–Crippen MR) is 91.7 cm³/mol. The molecule has 1 aliphatic carbocycles. The van der Waals surface area contributed by atoms with E-state index in [1.165, 1.54) is 19.8 Å². The molecule has 0 spiro atoms. The number of carbonyl (C=O) groups is 2. The van der Waals surface area contributed by atoms with Gasteiger partial charge in [-0.15, -0.1) is 0 Å². The van der Waals surface area contributed by atoms with Gasteiger partial charge in [0.1, 0.15) is 0 Å². The molecule has 1 aliphatic rings. The molecule has 4 heteroatoms. The molecular formula is C19H28N2O2. The normalized spacial score (nSPS) is 25.4. The average molecular weight is 316 g/mol. The molecule has 2 rings (SSSR count). The Kier molecular flexibility index (Phi) is 6.20. The van der Waals surface area contributed by atoms with E-state index in [4.69, 9.17) is 0 Å². The number of benzene rings is 1. The van der Waals surface area contributed by atoms with Gasteiger partial charge in [0.25, 0.3) is 0 Å². The summed E-state index contributed by atoms with van der Waals surface area (Å²) in [4.78, 5) is 23.9. The fourth-order valence-electron chi connectivity index (χ4n) is 3.42. The number of carbonyl (C=O) groups excluding carboxylic acids is 2. The van der Waals surface area contributed by atoms with Crippen LogP contribution >= 0.6 is 0 Å². The molecule has 0 aliphatic heterocycles. The molecule has 0 heterocycles. The largest absolute Gasteiger partial charge is 0.353 e. The molecule has 2 N–H and O–H groups in total. The topological polar surface area (TPSA) is 58.2 Å². The maximum absolute atomic E-state index is 12.5. The summed E-state index contributed by atoms with van der Waals surface area (Å²) in [6.45, 7) is 5.96. The Morgan fingerprint density at radius 1 is 1.17 bits per heavy atom. The van der Waals surface area contributed by atoms with Gasteiger partial charge in [-0.2, -0.15) is 0 Å². The third kappa shape index (κ3) is 5.08. The van der Waals surface area contributed by atoms with Crippen molar-refractivity contribution in [1.82, 2.24) is 10.6 Å². The first-order chi connectivity index (χ1) is 11.0. The molecule has 1 aromatic carbocycles. The van der Waals surface area contributed by atoms with E-state index >= 15 is 0 Å². The molecule has 4 unspecified atom stereocenters. The minimum atomic E-state index is -0.273. The minimum absolute atomic E-state index is 0.0125. The van der Waals surface area contributed by atoms with E-state index < -0.39 is 0 Å². The van der Waals surface area contributed by atoms with E-state index in [-0.39, 0.29) is 30.3 Å². The van der Waals surface area contributed by atoms with Crippen LogP contribution in [0.5, 0.6) is 0 Å². The van der Waals surface area contributed by atoms with Crippen LogP contribution in [0.3, 0.4) is 0 Å². The second kappa shape index (κ2) is 8.14. The van der Waals surface area contributed by atoms with Gasteiger partial charge in [-0.1, -0.05) is 57.0 Å². The van der Waals surface area contributed by atoms with Gasteiger partial charge < -0.3 is 10.6 Å². The van der Waals surface area contributed by atoms with Crippen LogP contribution in [0.1, 0.15) is 58.1 Å². The third-order valence-corrected chi connectivity index (χ3v) is 5.02. The predicted octanol–water partition coefficient (Wildman–Crippen LogP) is 3.19. The Balaban J connectivity index is 1.98. The van der Waals surface area contributed by atoms with Crippen molar-refractivity contribution in [3.05, 3.63) is 35.9 Å². The highest BCUT2D eigenvalue weighted by atomic mass is 16.2. The second-order valence-electron chi connectivity index (χ2n) is 6.81. The summed E-state index contributed by atoms with van der Waals surface area (Å²) in [5.74, 6) is 1.04. The van der Waals surface area contributed by atoms with Crippen LogP contribution in [0, 0.1) is 11.8 Å². The lowest BCUT2D eigenvalue weighted by Gasteiger charge is -2.35. The molecule has 1 fully saturated rings. The summed E-state index contributed by atoms with van der Waals surface area (Å²) in [5, 5.41) is 6.07. The summed E-state index contributed by atoms with van der Waals surface area (Å²) in [5.41, 5.74) is 0.961. The van der Waals surface area contributed by atoms with E-state index in [1.54, 1.807) is 0 Å². The molecule has 2 amide bonds. The molecule has 23 heavy (non-hydrogen) atoms. The summed E-state index contributed by atoms with van der Waals surface area (Å²) in [6, 6.07) is 9.64. The van der Waals surface area contributed by atoms with Gasteiger partial charge in [-0.25, -0.2) is 0 Å². The number of hydrogen-bond donors (Lipinski definition) is 2. The molecule has 126 valence electrons. The highest BCUT2D eigenvalue weighted by Crippen LogP contribution is 2.29. The summed E-state index contributed by atoms with van der Waals surface area (Å²) >= 11 is 0. The van der Waals surface area contributed by atoms with E-state index in [1.807, 2.05) is 30.3 Å². The summed E-state index contributed by atoms with van der Waals surface area (Å²) in [6.07, 6.45) is 3.74. The molecular weight excluding hydrogens is 288 g/mol. The van der Waals surface area contributed by atoms with E-state index in [0.29, 0.717) is 11.8 Å². The first kappa shape index (κ1) is 17.5. The number of amides is 2. The highest BCUT2D eigenvalue weighted by Gasteiger charge is 2.28. The summed E-state index contributed by atoms with van der Waals surface area (Å²) in [7, 11) is 0. The Labute approximate surface area is 139 Å². The van der Waals surface area contributed by atoms with Gasteiger partial charge in [0.2, 0.25) is 11.8 Å². The van der Waals surface area contributed by atoms with Crippen LogP contribution in [-0.4, -0.2) is 17.9 Å². The molecule has 1 aromatic rings. The van der Waals surface area contributed by atoms with Gasteiger partial charge in [-0.3, -0.25) is 9.59 Å². The molecule has 4 atom stereocenters. The van der Waals surface area contributed by atoms with Crippen molar-refractivity contribution in [1.29, 1.82) is 0 Å². The lowest BCUT2D eigenvalue weighted by Crippen LogP contribution is -2.44. The molecule has 0 saturated heterocycles. The van der Waals surface area contributed by atoms with Crippen LogP contribution in [0.15, 0.2) is 30.3 Å². The van der Waals surface area contributed by atoms with E-state index in [2.05, 4.69) is 24.5 Å². The van der Waals surface area contributed by atoms with Crippen molar-refractivity contribution < 1.29 is 9.59 Å². The first-order valence-electron chi connectivity index (χ1n) is 8.58. The van der Waals surface area contributed by atoms with Crippen LogP contribution in [0.25, 0.3) is 0 Å². The van der Waals surface area contributed by atoms with E-state index in [0.717, 1.165) is 12.0 Å². The second-order valence-corrected chi connectivity index (χ2v) is 6.81. The standard InChI is InChI=1S/C19H28N2O2/c1-13-8-7-11-17(14(13)2)21-19(23)12-18(20-15(3)22)16-9-5-4-6-10-16/h4-6,9-10,13-14,17-18H,7-8,11-12H2,1-3H3,(H,20,22)(H,21,23). The molecule has 0 radical (unpaired) electrons. The first-order valence-corrected chi connectivity index (χ1v) is 8.58. The zero-order valence-corrected chi connectivity index (χ0v) is 14.3. The fourth-order valence-corrected chi connectivity index (χ4v) is 3.42. The molecule has 1 saturated carbocycles. The minimum Gasteiger partial charge on any atom is -0.353 e. The van der Waals surface area contributed by atoms with Crippen molar-refractivity contribution in [3.8, 4) is 0 Å². The Bertz CT molecular complexity index is 529. The quantitative estimate of drug-likeness (QED) is 0.876. The number of rotatable bonds is 5. The van der Waals surface area contributed by atoms with Gasteiger partial charge in [0, 0.05) is 13.0 Å². The Hall–Kier alpha value is -1.84. The van der Waals surface area contributed by atoms with Crippen molar-refractivity contribution in [2.45, 2.75) is 58.5 Å². The van der Waals surface area contributed by atoms with Gasteiger partial charge in [0.15, 0.2) is 0 Å². The Morgan fingerprint density at radius 3 is 2.52 bits per heavy atom. The molecule has 0 aromatic heterocycles. The van der Waals surface area contributed by atoms with Gasteiger partial charge >= 0.3 is 0 Å². The Morgan fingerprint density at radius 2 is 1.87 bits per heavy atom. The van der Waals surface area contributed by atoms with Crippen LogP contribution in [-0.2, 0) is 9.59 Å². The van der Waals surface area contributed by atoms with Crippen molar-refractivity contribution >= 4 is 11.8 Å². The summed E-state index contributed by atoms with van der Waals surface area (Å²) < 4.78 is 0. The van der Waals surface area contributed by atoms with Gasteiger partial charge in [0.05, 0.1) is 12.5 Å². The number of nitrogens with one attached hydrogen (secondary N) is 2. The van der Waals surface area contributed by atoms with Gasteiger partial charge in [-0.05, 0) is 23.8 Å². The van der Waals surface area contributed by atoms with Crippen molar-refractivity contribution in [3.63, 3.8) is 0 Å². The maximum Gasteiger partial charge on any atom is 0.222 e. The molecule has 4 nitrogen and oxygen atoms in total. The highest BCUT2D eigenvalue weighted by molar-refractivity contribution is 5.79. The zero-order valence-electron chi connectivity index (χ0n) is 14.3. The van der Waals surface area contributed by atoms with Crippen LogP contribution in [0.2, 0.25) is 0 Å². The zero-order chi connectivity index (χ0) is 16.8. The average Bonchev–Trinajstić information content (AvgIpc) is 2.51. The third-order valence-electron chi connectivity index (χ3n) is 5.02. The molecule has 0 bridgehead atoms. The van der Waals surface area contributed by atoms with Crippen LogP contribution < -0.4 is 10.6 Å². The fraction of sp³-hybridized carbons (Fsp3) is 0.579. The van der Waals surface area contributed by atoms with Crippen molar-refractivity contribution in [2.24, 2.45) is 11.8 Å². The van der Waals surface area contributed by atoms with E-state index in [9.17, 15) is 9.59 Å². The smallest absolute Gasteiger partial charge is 0.222 e. The SMILES string of the molecule is CC(=O)NC(CC(=O)NC1CCCC(C)C1C)c1ccccc1. The van der Waals surface area contributed by atoms with Crippen LogP contribution in [0.4, 0.5) is 0 Å². The lowest BCUT2D eigenvalue weighted by atomic mass is 9.78. The monoisotopic (exact) mass is 316 g/mol. The number of hydrogen-bond acceptors (Lipinski definition) is 2. The lowest BCUT2D eigenvalue weighted by molar-refractivity contribution is -0.123.